The molecule has 8 rings (SSSR count). The second-order valence-electron chi connectivity index (χ2n) is 15.0. The van der Waals surface area contributed by atoms with E-state index >= 15 is 0 Å². The third-order valence-corrected chi connectivity index (χ3v) is 12.2. The van der Waals surface area contributed by atoms with Crippen molar-refractivity contribution in [2.75, 3.05) is 0 Å². The Balaban J connectivity index is 0.000000250. The normalized spacial score (nSPS) is 15.5. The summed E-state index contributed by atoms with van der Waals surface area (Å²) in [7, 11) is 0. The van der Waals surface area contributed by atoms with Crippen molar-refractivity contribution in [3.8, 4) is 11.1 Å². The summed E-state index contributed by atoms with van der Waals surface area (Å²) in [6.45, 7) is 11.3. The van der Waals surface area contributed by atoms with Gasteiger partial charge in [-0.1, -0.05) is 96.4 Å². The molecule has 1 unspecified atom stereocenters. The Morgan fingerprint density at radius 2 is 1.31 bits per heavy atom. The summed E-state index contributed by atoms with van der Waals surface area (Å²) in [5, 5.41) is 4.25. The fraction of sp³-hybridized carbons (Fsp3) is 0.226. The minimum absolute atomic E-state index is 0. The molecule has 0 bridgehead atoms. The maximum Gasteiger partial charge on any atom is -0.109 e. The van der Waals surface area contributed by atoms with E-state index in [4.69, 9.17) is 23.2 Å². The number of allylic oxidation sites excluding steroid dienone is 8. The summed E-state index contributed by atoms with van der Waals surface area (Å²) < 4.78 is 1.52. The van der Waals surface area contributed by atoms with Crippen LogP contribution in [0.25, 0.3) is 22.8 Å². The number of aryl methyl sites for hydroxylation is 3. The molecule has 0 aliphatic heterocycles. The molecule has 0 N–H and O–H groups in total. The largest absolute Gasteiger partial charge is 0.273 e. The van der Waals surface area contributed by atoms with Gasteiger partial charge in [-0.25, -0.2) is 12.2 Å². The molecule has 0 radical (unpaired) electrons. The van der Waals surface area contributed by atoms with Crippen molar-refractivity contribution in [2.24, 2.45) is 0 Å². The molecule has 0 saturated heterocycles. The van der Waals surface area contributed by atoms with E-state index in [0.29, 0.717) is 0 Å². The van der Waals surface area contributed by atoms with E-state index in [-0.39, 0.29) is 30.2 Å². The van der Waals surface area contributed by atoms with Gasteiger partial charge in [-0.3, -0.25) is 6.08 Å². The Hall–Kier alpha value is -3.29. The van der Waals surface area contributed by atoms with E-state index in [0.717, 1.165) is 35.7 Å². The van der Waals surface area contributed by atoms with Crippen LogP contribution in [-0.4, -0.2) is 3.21 Å². The standard InChI is InChI=1S/C33H33.C15H12Cl2.C5H5.2ClH.Zr/c1-6-7-16-33(32-15-11-9-13-23(32)3)21-27-19-26-20-29(28-14-10-8-12-22(28)2)24(4)17-30(26)31(27)18-25(33)5;16-14-8-4-12(5-9-14)2-1-3-13-6-10-15(17)11-7-13;1-2-4-5-3-1;;;/h8-15,17-20H,6-7,16H2,1-5H3;4-11H,2-3H2;1-3H,4H2;2*1H;/q-1;;-1;;;+2. The number of benzene rings is 5. The van der Waals surface area contributed by atoms with E-state index in [2.05, 4.69) is 150 Å². The first-order valence-corrected chi connectivity index (χ1v) is 21.7. The van der Waals surface area contributed by atoms with Gasteiger partial charge < -0.3 is 0 Å². The zero-order valence-electron chi connectivity index (χ0n) is 34.1. The van der Waals surface area contributed by atoms with Gasteiger partial charge in [0.2, 0.25) is 0 Å². The first kappa shape index (κ1) is 47.4. The van der Waals surface area contributed by atoms with Gasteiger partial charge in [-0.05, 0) is 72.9 Å². The zero-order chi connectivity index (χ0) is 39.7. The van der Waals surface area contributed by atoms with E-state index in [9.17, 15) is 0 Å². The maximum absolute atomic E-state index is 5.88. The number of hydrogen-bond acceptors (Lipinski definition) is 0. The van der Waals surface area contributed by atoms with E-state index in [1.807, 2.05) is 36.4 Å². The minimum Gasteiger partial charge on any atom is -0.273 e. The van der Waals surface area contributed by atoms with Gasteiger partial charge in [0.05, 0.1) is 0 Å². The minimum atomic E-state index is -0.146. The van der Waals surface area contributed by atoms with Crippen LogP contribution in [0.5, 0.6) is 0 Å². The Bertz CT molecular complexity index is 2390. The number of halogens is 4. The molecule has 0 spiro atoms. The van der Waals surface area contributed by atoms with Crippen LogP contribution in [0.15, 0.2) is 145 Å². The van der Waals surface area contributed by atoms with Crippen LogP contribution in [0.1, 0.15) is 72.9 Å². The molecule has 5 aromatic carbocycles. The summed E-state index contributed by atoms with van der Waals surface area (Å²) in [5.74, 6) is 0. The van der Waals surface area contributed by atoms with Crippen LogP contribution >= 0.6 is 48.0 Å². The molecule has 0 nitrogen and oxygen atoms in total. The van der Waals surface area contributed by atoms with Crippen LogP contribution in [0.4, 0.5) is 0 Å². The average Bonchev–Trinajstić information content (AvgIpc) is 3.89. The second-order valence-corrected chi connectivity index (χ2v) is 17.6. The van der Waals surface area contributed by atoms with E-state index in [1.165, 1.54) is 112 Å². The molecular formula is C53H52Cl4Zr. The van der Waals surface area contributed by atoms with Gasteiger partial charge in [-0.15, -0.1) is 42.9 Å². The third-order valence-electron chi connectivity index (χ3n) is 10.9. The average molecular weight is 922 g/mol. The maximum atomic E-state index is 5.88. The Kier molecular flexibility index (Phi) is 18.3. The van der Waals surface area contributed by atoms with Crippen LogP contribution in [0.3, 0.4) is 0 Å². The fourth-order valence-corrected chi connectivity index (χ4v) is 9.07. The Morgan fingerprint density at radius 1 is 0.707 bits per heavy atom. The van der Waals surface area contributed by atoms with Gasteiger partial charge in [0.1, 0.15) is 0 Å². The molecule has 3 aliphatic rings. The van der Waals surface area contributed by atoms with Crippen LogP contribution in [-0.2, 0) is 42.5 Å². The first-order chi connectivity index (χ1) is 27.1. The van der Waals surface area contributed by atoms with Crippen LogP contribution in [0.2, 0.25) is 10.0 Å². The van der Waals surface area contributed by atoms with Gasteiger partial charge in [0.15, 0.2) is 0 Å². The molecule has 58 heavy (non-hydrogen) atoms. The summed E-state index contributed by atoms with van der Waals surface area (Å²) in [6, 6.07) is 38.5. The molecule has 3 aliphatic carbocycles. The zero-order valence-corrected chi connectivity index (χ0v) is 39.7. The van der Waals surface area contributed by atoms with E-state index in [1.54, 1.807) is 0 Å². The van der Waals surface area contributed by atoms with Gasteiger partial charge in [-0.2, -0.15) is 23.8 Å². The number of unbranched alkanes of at least 4 members (excludes halogenated alkanes) is 1. The fourth-order valence-electron chi connectivity index (χ4n) is 7.82. The summed E-state index contributed by atoms with van der Waals surface area (Å²) in [5.41, 5.74) is 14.6. The van der Waals surface area contributed by atoms with Gasteiger partial charge in [0, 0.05) is 0 Å². The van der Waals surface area contributed by atoms with Crippen molar-refractivity contribution in [3.05, 3.63) is 211 Å². The molecule has 0 aromatic heterocycles. The quantitative estimate of drug-likeness (QED) is 0.129. The smallest absolute Gasteiger partial charge is 0.109 e. The van der Waals surface area contributed by atoms with E-state index < -0.39 is 0 Å². The van der Waals surface area contributed by atoms with Crippen molar-refractivity contribution in [1.82, 2.24) is 0 Å². The number of fused-ring (bicyclic) bond motifs is 2. The molecule has 0 fully saturated rings. The van der Waals surface area contributed by atoms with Crippen molar-refractivity contribution >= 4 is 62.9 Å². The third kappa shape index (κ3) is 11.7. The molecule has 0 amide bonds. The summed E-state index contributed by atoms with van der Waals surface area (Å²) in [6.07, 6.45) is 24.4. The topological polar surface area (TPSA) is 0 Å². The molecule has 1 atom stereocenters. The first-order valence-electron chi connectivity index (χ1n) is 19.7. The number of hydrogen-bond donors (Lipinski definition) is 0. The summed E-state index contributed by atoms with van der Waals surface area (Å²) >= 11 is 13.2. The monoisotopic (exact) mass is 918 g/mol. The predicted molar refractivity (Wildman–Crippen MR) is 253 cm³/mol. The van der Waals surface area contributed by atoms with Crippen molar-refractivity contribution in [1.29, 1.82) is 0 Å². The molecule has 296 valence electrons. The SMILES string of the molecule is CCCCC1(c2ccccc2C)[C-]=C2C=c3cc(-c4ccccc4C)c(C)cc3=C2C=C1C.Cl.Cl.Clc1ccc(C[C](=[Zr+2])Cc2ccc(Cl)cc2)cc1.[C-]1=CC=CC1. The Labute approximate surface area is 384 Å². The molecule has 5 heteroatoms. The molecule has 0 saturated carbocycles. The summed E-state index contributed by atoms with van der Waals surface area (Å²) in [4.78, 5) is 0. The van der Waals surface area contributed by atoms with Crippen LogP contribution in [0, 0.1) is 32.9 Å². The Morgan fingerprint density at radius 3 is 1.84 bits per heavy atom. The molecule has 5 aromatic rings. The predicted octanol–water partition coefficient (Wildman–Crippen LogP) is 13.7. The van der Waals surface area contributed by atoms with Gasteiger partial charge in [0.25, 0.3) is 0 Å². The van der Waals surface area contributed by atoms with Crippen LogP contribution < -0.4 is 10.4 Å². The second kappa shape index (κ2) is 22.4. The molecule has 0 heterocycles. The van der Waals surface area contributed by atoms with Gasteiger partial charge >= 0.3 is 133 Å². The molecular weight excluding hydrogens is 870 g/mol. The van der Waals surface area contributed by atoms with Crippen molar-refractivity contribution in [2.45, 2.75) is 78.6 Å². The number of rotatable bonds is 9. The van der Waals surface area contributed by atoms with Crippen molar-refractivity contribution < 1.29 is 24.2 Å². The van der Waals surface area contributed by atoms with Crippen molar-refractivity contribution in [3.63, 3.8) is 0 Å².